The van der Waals surface area contributed by atoms with Gasteiger partial charge in [-0.2, -0.15) is 0 Å². The maximum Gasteiger partial charge on any atom is 0.325 e. The van der Waals surface area contributed by atoms with E-state index in [-0.39, 0.29) is 41.3 Å². The molecule has 3 heterocycles. The summed E-state index contributed by atoms with van der Waals surface area (Å²) in [4.78, 5) is 37.3. The highest BCUT2D eigenvalue weighted by atomic mass is 79.9. The van der Waals surface area contributed by atoms with Crippen LogP contribution in [-0.2, 0) is 40.1 Å². The molecule has 9 rings (SSSR count). The molecule has 0 unspecified atom stereocenters. The number of alkyl halides is 1. The monoisotopic (exact) mass is 937 g/mol. The smallest absolute Gasteiger partial charge is 0.325 e. The van der Waals surface area contributed by atoms with E-state index >= 15 is 0 Å². The van der Waals surface area contributed by atoms with Gasteiger partial charge in [-0.15, -0.1) is 0 Å². The number of carboxylic acid groups (broad SMARTS) is 1. The topological polar surface area (TPSA) is 108 Å². The SMILES string of the molecule is CC1(C)c2ccccc2N(CC(=O)O)c2ccccc21.CC1(C)c2ccccc2Nc2ccccc21.CCOC(=O)CBr.CCOC(=O)CN1c2ccccc2C(C)(C)c2ccccc21. The predicted octanol–water partition coefficient (Wildman–Crippen LogP) is 12.6. The molecular formula is C55H60BrN3O6. The summed E-state index contributed by atoms with van der Waals surface area (Å²) < 4.78 is 9.65. The lowest BCUT2D eigenvalue weighted by atomic mass is 9.73. The fourth-order valence-electron chi connectivity index (χ4n) is 9.08. The summed E-state index contributed by atoms with van der Waals surface area (Å²) in [6.07, 6.45) is 0. The van der Waals surface area contributed by atoms with E-state index in [4.69, 9.17) is 4.74 Å². The van der Waals surface area contributed by atoms with Crippen molar-refractivity contribution in [2.24, 2.45) is 0 Å². The number of carboxylic acids is 1. The molecule has 0 aromatic heterocycles. The van der Waals surface area contributed by atoms with Crippen molar-refractivity contribution < 1.29 is 29.0 Å². The van der Waals surface area contributed by atoms with Gasteiger partial charge in [0.25, 0.3) is 0 Å². The zero-order valence-corrected chi connectivity index (χ0v) is 40.2. The quantitative estimate of drug-likeness (QED) is 0.119. The van der Waals surface area contributed by atoms with Gasteiger partial charge in [0.2, 0.25) is 0 Å². The van der Waals surface area contributed by atoms with E-state index in [1.807, 2.05) is 60.4 Å². The van der Waals surface area contributed by atoms with E-state index in [0.29, 0.717) is 18.5 Å². The highest BCUT2D eigenvalue weighted by Crippen LogP contribution is 2.50. The molecule has 3 aliphatic heterocycles. The Morgan fingerprint density at radius 1 is 0.477 bits per heavy atom. The van der Waals surface area contributed by atoms with Gasteiger partial charge in [-0.1, -0.05) is 167 Å². The molecular weight excluding hydrogens is 879 g/mol. The minimum Gasteiger partial charge on any atom is -0.480 e. The van der Waals surface area contributed by atoms with E-state index < -0.39 is 5.97 Å². The number of nitrogens with zero attached hydrogens (tertiary/aromatic N) is 2. The summed E-state index contributed by atoms with van der Waals surface area (Å²) >= 11 is 2.94. The number of nitrogens with one attached hydrogen (secondary N) is 1. The Labute approximate surface area is 392 Å². The molecule has 9 nitrogen and oxygen atoms in total. The number of anilines is 6. The van der Waals surface area contributed by atoms with Gasteiger partial charge >= 0.3 is 17.9 Å². The van der Waals surface area contributed by atoms with Crippen molar-refractivity contribution in [1.29, 1.82) is 0 Å². The van der Waals surface area contributed by atoms with Crippen molar-refractivity contribution in [3.63, 3.8) is 0 Å². The molecule has 0 atom stereocenters. The second-order valence-electron chi connectivity index (χ2n) is 17.5. The highest BCUT2D eigenvalue weighted by Gasteiger charge is 2.38. The summed E-state index contributed by atoms with van der Waals surface area (Å²) in [6, 6.07) is 49.7. The first kappa shape index (κ1) is 48.1. The van der Waals surface area contributed by atoms with Crippen LogP contribution in [0, 0.1) is 0 Å². The molecule has 0 saturated heterocycles. The van der Waals surface area contributed by atoms with E-state index in [0.717, 1.165) is 22.7 Å². The lowest BCUT2D eigenvalue weighted by Crippen LogP contribution is -2.36. The number of para-hydroxylation sites is 6. The van der Waals surface area contributed by atoms with E-state index in [2.05, 4.69) is 169 Å². The van der Waals surface area contributed by atoms with Gasteiger partial charge < -0.3 is 29.7 Å². The highest BCUT2D eigenvalue weighted by molar-refractivity contribution is 9.09. The van der Waals surface area contributed by atoms with Gasteiger partial charge in [0, 0.05) is 50.4 Å². The zero-order chi connectivity index (χ0) is 46.9. The Kier molecular flexibility index (Phi) is 15.3. The van der Waals surface area contributed by atoms with Crippen LogP contribution in [0.15, 0.2) is 146 Å². The number of esters is 2. The third kappa shape index (κ3) is 10.3. The Morgan fingerprint density at radius 2 is 0.769 bits per heavy atom. The van der Waals surface area contributed by atoms with Gasteiger partial charge in [-0.25, -0.2) is 0 Å². The van der Waals surface area contributed by atoms with Crippen LogP contribution < -0.4 is 15.1 Å². The lowest BCUT2D eigenvalue weighted by Gasteiger charge is -2.41. The molecule has 0 amide bonds. The van der Waals surface area contributed by atoms with Gasteiger partial charge in [0.15, 0.2) is 0 Å². The minimum absolute atomic E-state index is 0.0237. The first-order valence-electron chi connectivity index (χ1n) is 22.1. The summed E-state index contributed by atoms with van der Waals surface area (Å²) in [6.45, 7) is 18.1. The first-order valence-corrected chi connectivity index (χ1v) is 23.2. The van der Waals surface area contributed by atoms with Crippen LogP contribution >= 0.6 is 15.9 Å². The molecule has 6 aromatic rings. The predicted molar refractivity (Wildman–Crippen MR) is 267 cm³/mol. The maximum absolute atomic E-state index is 12.0. The second kappa shape index (κ2) is 20.6. The molecule has 0 saturated carbocycles. The fraction of sp³-hybridized carbons (Fsp3) is 0.291. The molecule has 0 radical (unpaired) electrons. The fourth-order valence-corrected chi connectivity index (χ4v) is 9.24. The van der Waals surface area contributed by atoms with Crippen molar-refractivity contribution in [3.8, 4) is 0 Å². The van der Waals surface area contributed by atoms with Crippen molar-refractivity contribution in [3.05, 3.63) is 179 Å². The van der Waals surface area contributed by atoms with Crippen LogP contribution in [0.1, 0.15) is 88.8 Å². The maximum atomic E-state index is 12.0. The molecule has 0 fully saturated rings. The van der Waals surface area contributed by atoms with Crippen LogP contribution in [0.3, 0.4) is 0 Å². The number of ether oxygens (including phenoxy) is 2. The van der Waals surface area contributed by atoms with E-state index in [9.17, 15) is 19.5 Å². The van der Waals surface area contributed by atoms with Gasteiger partial charge in [-0.3, -0.25) is 14.4 Å². The molecule has 10 heteroatoms. The van der Waals surface area contributed by atoms with Crippen molar-refractivity contribution >= 4 is 68.0 Å². The number of halogens is 1. The van der Waals surface area contributed by atoms with Crippen LogP contribution in [0.5, 0.6) is 0 Å². The Balaban J connectivity index is 0.000000152. The summed E-state index contributed by atoms with van der Waals surface area (Å²) in [5.74, 6) is -1.23. The van der Waals surface area contributed by atoms with Crippen molar-refractivity contribution in [1.82, 2.24) is 0 Å². The molecule has 6 aromatic carbocycles. The molecule has 0 bridgehead atoms. The lowest BCUT2D eigenvalue weighted by molar-refractivity contribution is -0.141. The average molecular weight is 939 g/mol. The Hall–Kier alpha value is -6.39. The number of hydrogen-bond donors (Lipinski definition) is 2. The number of benzene rings is 6. The molecule has 65 heavy (non-hydrogen) atoms. The largest absolute Gasteiger partial charge is 0.480 e. The molecule has 0 aliphatic carbocycles. The summed E-state index contributed by atoms with van der Waals surface area (Å²) in [5.41, 5.74) is 14.0. The van der Waals surface area contributed by atoms with E-state index in [1.165, 1.54) is 44.8 Å². The van der Waals surface area contributed by atoms with E-state index in [1.54, 1.807) is 6.92 Å². The number of carbonyl (C=O) groups is 3. The third-order valence-electron chi connectivity index (χ3n) is 12.2. The number of fused-ring (bicyclic) bond motifs is 6. The average Bonchev–Trinajstić information content (AvgIpc) is 3.30. The third-order valence-corrected chi connectivity index (χ3v) is 12.7. The number of hydrogen-bond acceptors (Lipinski definition) is 8. The molecule has 3 aliphatic rings. The van der Waals surface area contributed by atoms with Crippen LogP contribution in [-0.4, -0.2) is 54.6 Å². The van der Waals surface area contributed by atoms with Crippen LogP contribution in [0.25, 0.3) is 0 Å². The van der Waals surface area contributed by atoms with Gasteiger partial charge in [0.05, 0.1) is 13.2 Å². The molecule has 338 valence electrons. The van der Waals surface area contributed by atoms with Crippen molar-refractivity contribution in [2.75, 3.05) is 46.7 Å². The molecule has 0 spiro atoms. The second-order valence-corrected chi connectivity index (χ2v) is 18.0. The Bertz CT molecular complexity index is 2490. The van der Waals surface area contributed by atoms with Gasteiger partial charge in [0.1, 0.15) is 18.4 Å². The normalized spacial score (nSPS) is 14.6. The Morgan fingerprint density at radius 3 is 1.09 bits per heavy atom. The minimum atomic E-state index is -0.825. The van der Waals surface area contributed by atoms with Crippen LogP contribution in [0.4, 0.5) is 34.1 Å². The number of rotatable bonds is 7. The first-order chi connectivity index (χ1) is 31.1. The van der Waals surface area contributed by atoms with Crippen LogP contribution in [0.2, 0.25) is 0 Å². The number of carbonyl (C=O) groups excluding carboxylic acids is 2. The standard InChI is InChI=1S/C19H21NO2.C17H17NO2.C15H15N.C4H7BrO2/c1-4-22-18(21)13-20-16-11-7-5-9-14(16)19(2,3)15-10-6-8-12-17(15)20;1-17(2)12-7-3-5-9-14(12)18(11-16(19)20)15-10-6-4-8-13(15)17;1-15(2)11-7-3-5-9-13(11)16-14-10-6-4-8-12(14)15;1-2-7-4(6)3-5/h5-12H,4,13H2,1-3H3;3-10H,11H2,1-2H3,(H,19,20);3-10,16H,1-2H3;2-3H2,1H3. The summed E-state index contributed by atoms with van der Waals surface area (Å²) in [7, 11) is 0. The van der Waals surface area contributed by atoms with Crippen molar-refractivity contribution in [2.45, 2.75) is 71.6 Å². The number of aliphatic carboxylic acids is 1. The zero-order valence-electron chi connectivity index (χ0n) is 38.7. The van der Waals surface area contributed by atoms with Gasteiger partial charge in [-0.05, 0) is 83.6 Å². The molecule has 2 N–H and O–H groups in total. The summed E-state index contributed by atoms with van der Waals surface area (Å²) in [5, 5.41) is 13.0.